The minimum atomic E-state index is -4.50. The van der Waals surface area contributed by atoms with Crippen LogP contribution in [-0.2, 0) is 15.7 Å². The summed E-state index contributed by atoms with van der Waals surface area (Å²) in [6.07, 6.45) is -4.01. The molecule has 0 spiro atoms. The number of phenols is 1. The van der Waals surface area contributed by atoms with Crippen molar-refractivity contribution in [2.24, 2.45) is 0 Å². The fraction of sp³-hybridized carbons (Fsp3) is 0.222. The first kappa shape index (κ1) is 22.6. The highest BCUT2D eigenvalue weighted by Crippen LogP contribution is 2.48. The molecule has 3 heterocycles. The Balaban J connectivity index is 1.42. The molecule has 2 aliphatic rings. The van der Waals surface area contributed by atoms with E-state index >= 15 is 0 Å². The van der Waals surface area contributed by atoms with Crippen molar-refractivity contribution in [1.29, 1.82) is 0 Å². The Labute approximate surface area is 203 Å². The van der Waals surface area contributed by atoms with Gasteiger partial charge in [0, 0.05) is 34.3 Å². The Hall–Kier alpha value is -3.82. The van der Waals surface area contributed by atoms with E-state index in [1.54, 1.807) is 36.5 Å². The molecule has 0 radical (unpaired) electrons. The van der Waals surface area contributed by atoms with Crippen LogP contribution >= 0.6 is 0 Å². The molecule has 184 valence electrons. The van der Waals surface area contributed by atoms with Crippen molar-refractivity contribution in [2.75, 3.05) is 19.8 Å². The van der Waals surface area contributed by atoms with Gasteiger partial charge in [-0.05, 0) is 48.0 Å². The molecule has 2 aliphatic heterocycles. The van der Waals surface area contributed by atoms with E-state index in [0.717, 1.165) is 28.6 Å². The third kappa shape index (κ3) is 4.10. The molecule has 0 amide bonds. The van der Waals surface area contributed by atoms with Crippen LogP contribution in [0.5, 0.6) is 17.2 Å². The molecule has 1 fully saturated rings. The predicted molar refractivity (Wildman–Crippen MR) is 124 cm³/mol. The molecule has 6 nitrogen and oxygen atoms in total. The molecule has 4 aromatic rings. The lowest BCUT2D eigenvalue weighted by molar-refractivity contribution is -0.137. The van der Waals surface area contributed by atoms with Crippen LogP contribution in [0.2, 0.25) is 0 Å². The van der Waals surface area contributed by atoms with Gasteiger partial charge in [0.15, 0.2) is 12.4 Å². The van der Waals surface area contributed by atoms with Crippen LogP contribution in [-0.4, -0.2) is 36.2 Å². The number of nitrogens with zero attached hydrogens (tertiary/aromatic N) is 1. The normalized spacial score (nSPS) is 17.5. The smallest absolute Gasteiger partial charge is 0.416 e. The van der Waals surface area contributed by atoms with Gasteiger partial charge in [-0.25, -0.2) is 0 Å². The van der Waals surface area contributed by atoms with Gasteiger partial charge in [-0.1, -0.05) is 12.1 Å². The minimum Gasteiger partial charge on any atom is -0.508 e. The van der Waals surface area contributed by atoms with Crippen molar-refractivity contribution in [3.05, 3.63) is 83.6 Å². The van der Waals surface area contributed by atoms with Crippen molar-refractivity contribution < 1.29 is 37.2 Å². The number of rotatable bonds is 4. The first-order valence-corrected chi connectivity index (χ1v) is 11.3. The molecule has 6 rings (SSSR count). The lowest BCUT2D eigenvalue weighted by atomic mass is 9.87. The van der Waals surface area contributed by atoms with Crippen LogP contribution in [0.3, 0.4) is 0 Å². The van der Waals surface area contributed by atoms with Gasteiger partial charge in [0.1, 0.15) is 23.9 Å². The van der Waals surface area contributed by atoms with Gasteiger partial charge in [-0.2, -0.15) is 13.2 Å². The Morgan fingerprint density at radius 3 is 2.47 bits per heavy atom. The van der Waals surface area contributed by atoms with Gasteiger partial charge in [-0.15, -0.1) is 0 Å². The number of aromatic nitrogens is 1. The summed E-state index contributed by atoms with van der Waals surface area (Å²) < 4.78 is 63.0. The van der Waals surface area contributed by atoms with Crippen LogP contribution in [0.15, 0.2) is 66.9 Å². The van der Waals surface area contributed by atoms with E-state index in [0.29, 0.717) is 35.6 Å². The summed E-state index contributed by atoms with van der Waals surface area (Å²) in [7, 11) is 0. The molecular formula is C27H20F3NO5. The summed E-state index contributed by atoms with van der Waals surface area (Å²) in [4.78, 5) is 4.45. The zero-order valence-electron chi connectivity index (χ0n) is 18.8. The highest BCUT2D eigenvalue weighted by molar-refractivity contribution is 5.92. The van der Waals surface area contributed by atoms with Crippen molar-refractivity contribution in [1.82, 2.24) is 4.98 Å². The number of benzene rings is 3. The fourth-order valence-corrected chi connectivity index (χ4v) is 4.55. The summed E-state index contributed by atoms with van der Waals surface area (Å²) in [5.41, 5.74) is 2.43. The van der Waals surface area contributed by atoms with Crippen LogP contribution in [0.1, 0.15) is 22.8 Å². The number of phenolic OH excluding ortho intramolecular Hbond substituents is 1. The number of hydrogen-bond acceptors (Lipinski definition) is 6. The topological polar surface area (TPSA) is 70.0 Å². The standard InChI is InChI=1S/C27H20F3NO5/c28-27(29,30)16-3-7-19-21-13-31-22-12-17(32)4-8-20(22)25(21)26(36-23(19)11-16)15-1-5-18(6-2-15)35-14-24-33-9-10-34-24/h1-8,11-13,24,26,32H,9-10,14H2/t26-/m1/s1. The third-order valence-corrected chi connectivity index (χ3v) is 6.26. The molecule has 0 bridgehead atoms. The maximum absolute atomic E-state index is 13.4. The minimum absolute atomic E-state index is 0.0650. The first-order chi connectivity index (χ1) is 17.4. The quantitative estimate of drug-likeness (QED) is 0.383. The van der Waals surface area contributed by atoms with Gasteiger partial charge >= 0.3 is 6.18 Å². The van der Waals surface area contributed by atoms with Gasteiger partial charge in [0.2, 0.25) is 0 Å². The van der Waals surface area contributed by atoms with Crippen LogP contribution in [0.4, 0.5) is 13.2 Å². The first-order valence-electron chi connectivity index (χ1n) is 11.3. The van der Waals surface area contributed by atoms with Crippen molar-refractivity contribution in [3.63, 3.8) is 0 Å². The number of fused-ring (bicyclic) bond motifs is 5. The molecule has 9 heteroatoms. The van der Waals surface area contributed by atoms with Crippen LogP contribution in [0.25, 0.3) is 22.0 Å². The molecule has 0 saturated carbocycles. The van der Waals surface area contributed by atoms with E-state index < -0.39 is 24.1 Å². The highest BCUT2D eigenvalue weighted by atomic mass is 19.4. The zero-order valence-corrected chi connectivity index (χ0v) is 18.8. The summed E-state index contributed by atoms with van der Waals surface area (Å²) in [6.45, 7) is 1.31. The van der Waals surface area contributed by atoms with Gasteiger partial charge in [0.05, 0.1) is 24.3 Å². The van der Waals surface area contributed by atoms with E-state index in [9.17, 15) is 18.3 Å². The van der Waals surface area contributed by atoms with Crippen molar-refractivity contribution in [3.8, 4) is 28.4 Å². The van der Waals surface area contributed by atoms with Crippen LogP contribution < -0.4 is 9.47 Å². The molecular weight excluding hydrogens is 475 g/mol. The lowest BCUT2D eigenvalue weighted by Gasteiger charge is -2.30. The number of alkyl halides is 3. The number of halogens is 3. The van der Waals surface area contributed by atoms with E-state index in [2.05, 4.69) is 4.98 Å². The maximum atomic E-state index is 13.4. The Morgan fingerprint density at radius 2 is 1.72 bits per heavy atom. The summed E-state index contributed by atoms with van der Waals surface area (Å²) in [6, 6.07) is 15.5. The Bertz CT molecular complexity index is 1430. The average Bonchev–Trinajstić information content (AvgIpc) is 3.40. The van der Waals surface area contributed by atoms with E-state index in [1.165, 1.54) is 6.07 Å². The van der Waals surface area contributed by atoms with E-state index in [-0.39, 0.29) is 18.1 Å². The largest absolute Gasteiger partial charge is 0.508 e. The van der Waals surface area contributed by atoms with Crippen LogP contribution in [0, 0.1) is 0 Å². The lowest BCUT2D eigenvalue weighted by Crippen LogP contribution is -2.19. The second kappa shape index (κ2) is 8.69. The monoisotopic (exact) mass is 495 g/mol. The Kier molecular flexibility index (Phi) is 5.46. The molecule has 1 saturated heterocycles. The third-order valence-electron chi connectivity index (χ3n) is 6.26. The number of hydrogen-bond donors (Lipinski definition) is 1. The van der Waals surface area contributed by atoms with E-state index in [1.807, 2.05) is 12.1 Å². The molecule has 3 aromatic carbocycles. The highest BCUT2D eigenvalue weighted by Gasteiger charge is 2.35. The molecule has 36 heavy (non-hydrogen) atoms. The number of pyridine rings is 1. The van der Waals surface area contributed by atoms with E-state index in [4.69, 9.17) is 18.9 Å². The van der Waals surface area contributed by atoms with Crippen molar-refractivity contribution in [2.45, 2.75) is 18.6 Å². The summed E-state index contributed by atoms with van der Waals surface area (Å²) in [5, 5.41) is 10.7. The fourth-order valence-electron chi connectivity index (χ4n) is 4.55. The Morgan fingerprint density at radius 1 is 0.944 bits per heavy atom. The van der Waals surface area contributed by atoms with Crippen molar-refractivity contribution >= 4 is 10.9 Å². The summed E-state index contributed by atoms with van der Waals surface area (Å²) >= 11 is 0. The molecule has 0 aliphatic carbocycles. The zero-order chi connectivity index (χ0) is 24.9. The van der Waals surface area contributed by atoms with Gasteiger partial charge < -0.3 is 24.1 Å². The number of ether oxygens (including phenoxy) is 4. The maximum Gasteiger partial charge on any atom is 0.416 e. The second-order valence-electron chi connectivity index (χ2n) is 8.54. The van der Waals surface area contributed by atoms with Gasteiger partial charge in [0.25, 0.3) is 0 Å². The number of aromatic hydroxyl groups is 1. The average molecular weight is 495 g/mol. The predicted octanol–water partition coefficient (Wildman–Crippen LogP) is 5.86. The summed E-state index contributed by atoms with van der Waals surface area (Å²) in [5.74, 6) is 0.784. The van der Waals surface area contributed by atoms with Gasteiger partial charge in [-0.3, -0.25) is 4.98 Å². The molecule has 1 N–H and O–H groups in total. The molecule has 1 atom stereocenters. The molecule has 1 aromatic heterocycles. The second-order valence-corrected chi connectivity index (χ2v) is 8.54. The molecule has 0 unspecified atom stereocenters. The SMILES string of the molecule is Oc1ccc2c3c(cnc2c1)-c1ccc(C(F)(F)F)cc1O[C@@H]3c1ccc(OCC2OCCO2)cc1.